The Morgan fingerprint density at radius 2 is 1.56 bits per heavy atom. The van der Waals surface area contributed by atoms with E-state index in [1.807, 2.05) is 0 Å². The van der Waals surface area contributed by atoms with E-state index in [1.165, 1.54) is 36.7 Å². The highest BCUT2D eigenvalue weighted by Gasteiger charge is 2.29. The number of carbonyl (C=O) groups is 2. The van der Waals surface area contributed by atoms with Gasteiger partial charge in [-0.1, -0.05) is 35.3 Å². The van der Waals surface area contributed by atoms with Gasteiger partial charge in [-0.25, -0.2) is 4.79 Å². The van der Waals surface area contributed by atoms with Crippen molar-refractivity contribution in [3.05, 3.63) is 78.3 Å². The van der Waals surface area contributed by atoms with E-state index >= 15 is 0 Å². The molecule has 1 amide bonds. The molecule has 4 N–H and O–H groups in total. The number of carboxylic acids is 1. The van der Waals surface area contributed by atoms with Crippen molar-refractivity contribution in [2.24, 2.45) is 0 Å². The number of benzene rings is 1. The van der Waals surface area contributed by atoms with Crippen LogP contribution in [0.5, 0.6) is 0 Å². The summed E-state index contributed by atoms with van der Waals surface area (Å²) in [6.07, 6.45) is -3.27. The number of halogens is 5. The summed E-state index contributed by atoms with van der Waals surface area (Å²) in [4.78, 5) is 51.6. The highest BCUT2D eigenvalue weighted by molar-refractivity contribution is 6.39. The molecule has 190 valence electrons. The van der Waals surface area contributed by atoms with Gasteiger partial charge in [0.1, 0.15) is 17.4 Å². The molecule has 0 spiro atoms. The minimum Gasteiger partial charge on any atom is -0.480 e. The van der Waals surface area contributed by atoms with Gasteiger partial charge in [-0.05, 0) is 17.7 Å². The summed E-state index contributed by atoms with van der Waals surface area (Å²) < 4.78 is 37.0. The van der Waals surface area contributed by atoms with Crippen molar-refractivity contribution in [2.45, 2.75) is 25.1 Å². The van der Waals surface area contributed by atoms with E-state index in [0.29, 0.717) is 5.56 Å². The Labute approximate surface area is 210 Å². The van der Waals surface area contributed by atoms with Gasteiger partial charge in [-0.3, -0.25) is 19.4 Å². The van der Waals surface area contributed by atoms with Crippen LogP contribution >= 0.6 is 23.2 Å². The zero-order chi connectivity index (χ0) is 26.6. The standard InChI is InChI=1S/C22H17Cl2F3N4O5/c23-12-8-28-9-13(24)15(12)31-20(34)11-3-1-10(2-4-11)7-14(21(35)36)30-17-16(18(32)19(17)33)29-6-5-22(25,26)27/h1-4,8-9,14,29-30H,5-7H2,(H,35,36)(H,28,31,34)/t14-/m0/s1. The summed E-state index contributed by atoms with van der Waals surface area (Å²) in [5, 5.41) is 17.0. The number of aliphatic carboxylic acids is 1. The molecule has 2 aromatic carbocycles. The summed E-state index contributed by atoms with van der Waals surface area (Å²) in [5.74, 6) is -1.91. The molecule has 0 bridgehead atoms. The lowest BCUT2D eigenvalue weighted by Crippen LogP contribution is -2.42. The Morgan fingerprint density at radius 1 is 0.972 bits per heavy atom. The molecule has 1 atom stereocenters. The van der Waals surface area contributed by atoms with Crippen LogP contribution in [-0.2, 0) is 11.2 Å². The van der Waals surface area contributed by atoms with Crippen molar-refractivity contribution in [1.29, 1.82) is 0 Å². The zero-order valence-electron chi connectivity index (χ0n) is 18.1. The average molecular weight is 545 g/mol. The highest BCUT2D eigenvalue weighted by Crippen LogP contribution is 2.29. The predicted molar refractivity (Wildman–Crippen MR) is 128 cm³/mol. The van der Waals surface area contributed by atoms with Crippen molar-refractivity contribution >= 4 is 52.1 Å². The second-order valence-electron chi connectivity index (χ2n) is 7.57. The maximum absolute atomic E-state index is 12.5. The molecule has 0 radical (unpaired) electrons. The number of carboxylic acid groups (broad SMARTS) is 1. The summed E-state index contributed by atoms with van der Waals surface area (Å²) in [5.41, 5.74) is -2.01. The number of pyridine rings is 1. The van der Waals surface area contributed by atoms with Crippen molar-refractivity contribution in [3.8, 4) is 0 Å². The van der Waals surface area contributed by atoms with Gasteiger partial charge in [0.25, 0.3) is 16.8 Å². The van der Waals surface area contributed by atoms with E-state index < -0.39 is 59.3 Å². The van der Waals surface area contributed by atoms with Gasteiger partial charge in [0, 0.05) is 30.9 Å². The summed E-state index contributed by atoms with van der Waals surface area (Å²) in [6.45, 7) is -0.653. The molecule has 36 heavy (non-hydrogen) atoms. The van der Waals surface area contributed by atoms with E-state index in [1.54, 1.807) is 0 Å². The second kappa shape index (κ2) is 11.0. The van der Waals surface area contributed by atoms with E-state index in [0.717, 1.165) is 0 Å². The van der Waals surface area contributed by atoms with Gasteiger partial charge >= 0.3 is 12.1 Å². The van der Waals surface area contributed by atoms with Crippen LogP contribution in [0.25, 0.3) is 0 Å². The first-order valence-corrected chi connectivity index (χ1v) is 11.0. The highest BCUT2D eigenvalue weighted by atomic mass is 35.5. The third-order valence-corrected chi connectivity index (χ3v) is 5.56. The number of anilines is 3. The molecule has 0 aliphatic heterocycles. The lowest BCUT2D eigenvalue weighted by molar-refractivity contribution is -0.138. The van der Waals surface area contributed by atoms with Crippen LogP contribution in [0.4, 0.5) is 30.2 Å². The molecule has 9 nitrogen and oxygen atoms in total. The van der Waals surface area contributed by atoms with Crippen molar-refractivity contribution in [3.63, 3.8) is 0 Å². The molecule has 3 aromatic rings. The molecule has 1 heterocycles. The lowest BCUT2D eigenvalue weighted by atomic mass is 10.0. The molecular weight excluding hydrogens is 528 g/mol. The molecule has 0 saturated carbocycles. The second-order valence-corrected chi connectivity index (χ2v) is 8.38. The normalized spacial score (nSPS) is 12.2. The van der Waals surface area contributed by atoms with E-state index in [9.17, 15) is 37.5 Å². The fourth-order valence-corrected chi connectivity index (χ4v) is 3.61. The minimum atomic E-state index is -4.47. The van der Waals surface area contributed by atoms with Gasteiger partial charge in [0.05, 0.1) is 22.2 Å². The third-order valence-electron chi connectivity index (χ3n) is 4.99. The van der Waals surface area contributed by atoms with E-state index in [4.69, 9.17) is 23.2 Å². The van der Waals surface area contributed by atoms with Gasteiger partial charge in [-0.2, -0.15) is 13.2 Å². The first kappa shape index (κ1) is 27.0. The fourth-order valence-electron chi connectivity index (χ4n) is 3.15. The number of nitrogens with one attached hydrogen (secondary N) is 3. The van der Waals surface area contributed by atoms with Gasteiger partial charge in [-0.15, -0.1) is 0 Å². The van der Waals surface area contributed by atoms with Crippen LogP contribution in [0.15, 0.2) is 46.2 Å². The maximum Gasteiger partial charge on any atom is 0.390 e. The van der Waals surface area contributed by atoms with Gasteiger partial charge < -0.3 is 21.1 Å². The first-order chi connectivity index (χ1) is 16.9. The first-order valence-electron chi connectivity index (χ1n) is 10.2. The fraction of sp³-hybridized carbons (Fsp3) is 0.227. The zero-order valence-corrected chi connectivity index (χ0v) is 19.6. The number of amides is 1. The number of alkyl halides is 3. The Hall–Kier alpha value is -3.64. The van der Waals surface area contributed by atoms with Crippen LogP contribution in [0, 0.1) is 0 Å². The number of hydrogen-bond acceptors (Lipinski definition) is 7. The number of carbonyl (C=O) groups excluding carboxylic acids is 1. The van der Waals surface area contributed by atoms with Gasteiger partial charge in [0.2, 0.25) is 0 Å². The smallest absolute Gasteiger partial charge is 0.390 e. The number of aromatic nitrogens is 1. The van der Waals surface area contributed by atoms with Crippen molar-refractivity contribution in [2.75, 3.05) is 22.5 Å². The quantitative estimate of drug-likeness (QED) is 0.283. The van der Waals surface area contributed by atoms with E-state index in [2.05, 4.69) is 20.9 Å². The molecule has 0 fully saturated rings. The topological polar surface area (TPSA) is 137 Å². The largest absolute Gasteiger partial charge is 0.480 e. The number of nitrogens with zero attached hydrogens (tertiary/aromatic N) is 1. The Bertz CT molecular complexity index is 1340. The summed E-state index contributed by atoms with van der Waals surface area (Å²) in [6, 6.07) is 4.42. The average Bonchev–Trinajstić information content (AvgIpc) is 2.81. The molecule has 0 aliphatic carbocycles. The van der Waals surface area contributed by atoms with Crippen LogP contribution in [0.1, 0.15) is 22.3 Å². The number of rotatable bonds is 10. The predicted octanol–water partition coefficient (Wildman–Crippen LogP) is 3.71. The molecular formula is C22H17Cl2F3N4O5. The SMILES string of the molecule is O=C(Nc1c(Cl)cncc1Cl)c1ccc(C[C@H](Nc2c(NCCC(F)(F)F)c(=O)c2=O)C(=O)O)cc1. The van der Waals surface area contributed by atoms with Crippen LogP contribution in [0.2, 0.25) is 10.0 Å². The third kappa shape index (κ3) is 6.52. The minimum absolute atomic E-state index is 0.133. The summed E-state index contributed by atoms with van der Waals surface area (Å²) >= 11 is 12.0. The van der Waals surface area contributed by atoms with Crippen molar-refractivity contribution in [1.82, 2.24) is 4.98 Å². The Morgan fingerprint density at radius 3 is 2.11 bits per heavy atom. The summed E-state index contributed by atoms with van der Waals surface area (Å²) in [7, 11) is 0. The van der Waals surface area contributed by atoms with Gasteiger partial charge in [0.15, 0.2) is 0 Å². The number of hydrogen-bond donors (Lipinski definition) is 4. The molecule has 0 aliphatic rings. The van der Waals surface area contributed by atoms with Crippen molar-refractivity contribution < 1.29 is 27.9 Å². The molecule has 0 unspecified atom stereocenters. The maximum atomic E-state index is 12.5. The Balaban J connectivity index is 1.68. The molecule has 0 saturated heterocycles. The molecule has 14 heteroatoms. The Kier molecular flexibility index (Phi) is 8.21. The molecule has 1 aromatic heterocycles. The lowest BCUT2D eigenvalue weighted by Gasteiger charge is -2.20. The van der Waals surface area contributed by atoms with Crippen LogP contribution in [-0.4, -0.2) is 40.7 Å². The molecule has 3 rings (SSSR count). The van der Waals surface area contributed by atoms with E-state index in [-0.39, 0.29) is 27.7 Å². The monoisotopic (exact) mass is 544 g/mol. The van der Waals surface area contributed by atoms with Crippen LogP contribution < -0.4 is 26.8 Å². The van der Waals surface area contributed by atoms with Crippen LogP contribution in [0.3, 0.4) is 0 Å².